The molecule has 0 aliphatic carbocycles. The van der Waals surface area contributed by atoms with Gasteiger partial charge in [-0.3, -0.25) is 19.4 Å². The number of carbonyl (C=O) groups excluding carboxylic acids is 3. The molecule has 1 heterocycles. The maximum absolute atomic E-state index is 12.8. The third kappa shape index (κ3) is 4.80. The van der Waals surface area contributed by atoms with Crippen LogP contribution in [0.1, 0.15) is 17.2 Å². The molecule has 4 rings (SSSR count). The zero-order valence-electron chi connectivity index (χ0n) is 17.0. The van der Waals surface area contributed by atoms with Crippen molar-refractivity contribution in [2.45, 2.75) is 12.5 Å². The third-order valence-electron chi connectivity index (χ3n) is 5.25. The Morgan fingerprint density at radius 3 is 2.06 bits per heavy atom. The van der Waals surface area contributed by atoms with Gasteiger partial charge in [0.05, 0.1) is 6.04 Å². The number of benzene rings is 3. The maximum atomic E-state index is 12.8. The fraction of sp³-hybridized carbons (Fsp3) is 0.160. The number of hydrogen-bond donors (Lipinski definition) is 1. The molecule has 1 atom stereocenters. The molecule has 156 valence electrons. The van der Waals surface area contributed by atoms with Crippen molar-refractivity contribution >= 4 is 23.5 Å². The summed E-state index contributed by atoms with van der Waals surface area (Å²) in [7, 11) is 0. The average Bonchev–Trinajstić information content (AvgIpc) is 3.09. The molecule has 1 saturated heterocycles. The highest BCUT2D eigenvalue weighted by atomic mass is 16.2. The first kappa shape index (κ1) is 20.3. The molecule has 3 aromatic rings. The van der Waals surface area contributed by atoms with Crippen LogP contribution in [0.4, 0.5) is 10.5 Å². The number of hydrogen-bond acceptors (Lipinski definition) is 3. The number of carbonyl (C=O) groups is 3. The van der Waals surface area contributed by atoms with Gasteiger partial charge in [-0.25, -0.2) is 4.79 Å². The van der Waals surface area contributed by atoms with Gasteiger partial charge in [-0.05, 0) is 29.7 Å². The van der Waals surface area contributed by atoms with Crippen LogP contribution in [0.5, 0.6) is 0 Å². The largest absolute Gasteiger partial charge is 0.347 e. The van der Waals surface area contributed by atoms with E-state index in [0.29, 0.717) is 12.1 Å². The van der Waals surface area contributed by atoms with Crippen LogP contribution >= 0.6 is 0 Å². The smallest absolute Gasteiger partial charge is 0.332 e. The molecule has 0 aromatic heterocycles. The number of amides is 4. The van der Waals surface area contributed by atoms with E-state index in [9.17, 15) is 14.4 Å². The van der Waals surface area contributed by atoms with Crippen molar-refractivity contribution in [3.05, 3.63) is 102 Å². The van der Waals surface area contributed by atoms with Gasteiger partial charge in [0.25, 0.3) is 5.91 Å². The number of nitrogens with zero attached hydrogens (tertiary/aromatic N) is 2. The van der Waals surface area contributed by atoms with Crippen LogP contribution in [-0.2, 0) is 16.0 Å². The lowest BCUT2D eigenvalue weighted by Crippen LogP contribution is -2.42. The van der Waals surface area contributed by atoms with Crippen LogP contribution in [0.3, 0.4) is 0 Å². The van der Waals surface area contributed by atoms with Crippen LogP contribution in [-0.4, -0.2) is 35.8 Å². The van der Waals surface area contributed by atoms with Crippen molar-refractivity contribution in [2.75, 3.05) is 18.0 Å². The monoisotopic (exact) mass is 413 g/mol. The van der Waals surface area contributed by atoms with Crippen molar-refractivity contribution in [1.82, 2.24) is 10.2 Å². The fourth-order valence-corrected chi connectivity index (χ4v) is 3.68. The van der Waals surface area contributed by atoms with E-state index in [4.69, 9.17) is 0 Å². The number of nitrogens with one attached hydrogen (secondary N) is 1. The van der Waals surface area contributed by atoms with Gasteiger partial charge in [-0.15, -0.1) is 0 Å². The van der Waals surface area contributed by atoms with Crippen LogP contribution in [0.15, 0.2) is 91.0 Å². The lowest BCUT2D eigenvalue weighted by molar-refractivity contribution is -0.130. The van der Waals surface area contributed by atoms with E-state index >= 15 is 0 Å². The lowest BCUT2D eigenvalue weighted by Gasteiger charge is -2.22. The second-order valence-electron chi connectivity index (χ2n) is 7.40. The van der Waals surface area contributed by atoms with E-state index in [-0.39, 0.29) is 30.9 Å². The molecule has 1 N–H and O–H groups in total. The van der Waals surface area contributed by atoms with Crippen LogP contribution in [0.2, 0.25) is 0 Å². The number of urea groups is 1. The molecular formula is C25H23N3O3. The Balaban J connectivity index is 1.46. The standard InChI is InChI=1S/C25H23N3O3/c29-23(17-28-24(30)18-27(25(28)31)21-14-8-3-9-15-21)26-22(20-12-6-2-7-13-20)16-19-10-4-1-5-11-19/h1-15,22H,16-18H2,(H,26,29). The number of rotatable bonds is 7. The van der Waals surface area contributed by atoms with Gasteiger partial charge in [-0.1, -0.05) is 78.9 Å². The van der Waals surface area contributed by atoms with E-state index in [0.717, 1.165) is 16.0 Å². The molecule has 1 fully saturated rings. The average molecular weight is 413 g/mol. The Morgan fingerprint density at radius 2 is 1.42 bits per heavy atom. The van der Waals surface area contributed by atoms with Gasteiger partial charge in [0, 0.05) is 5.69 Å². The Hall–Kier alpha value is -3.93. The SMILES string of the molecule is O=C(CN1C(=O)CN(c2ccccc2)C1=O)NC(Cc1ccccc1)c1ccccc1. The molecule has 3 aromatic carbocycles. The van der Waals surface area contributed by atoms with E-state index in [2.05, 4.69) is 5.32 Å². The zero-order chi connectivity index (χ0) is 21.6. The normalized spacial score (nSPS) is 14.6. The summed E-state index contributed by atoms with van der Waals surface area (Å²) in [6, 6.07) is 27.8. The number of imide groups is 1. The Kier molecular flexibility index (Phi) is 6.08. The van der Waals surface area contributed by atoms with Gasteiger partial charge in [0.2, 0.25) is 5.91 Å². The first-order valence-electron chi connectivity index (χ1n) is 10.2. The predicted octanol–water partition coefficient (Wildman–Crippen LogP) is 3.56. The van der Waals surface area contributed by atoms with Gasteiger partial charge in [0.1, 0.15) is 13.1 Å². The van der Waals surface area contributed by atoms with E-state index < -0.39 is 6.03 Å². The van der Waals surface area contributed by atoms with Crippen LogP contribution in [0.25, 0.3) is 0 Å². The lowest BCUT2D eigenvalue weighted by atomic mass is 9.99. The molecule has 0 saturated carbocycles. The minimum atomic E-state index is -0.481. The number of para-hydroxylation sites is 1. The predicted molar refractivity (Wildman–Crippen MR) is 118 cm³/mol. The van der Waals surface area contributed by atoms with Crippen molar-refractivity contribution in [3.8, 4) is 0 Å². The molecule has 0 radical (unpaired) electrons. The molecule has 1 aliphatic rings. The quantitative estimate of drug-likeness (QED) is 0.602. The van der Waals surface area contributed by atoms with Gasteiger partial charge in [0.15, 0.2) is 0 Å². The second-order valence-corrected chi connectivity index (χ2v) is 7.40. The molecule has 0 bridgehead atoms. The summed E-state index contributed by atoms with van der Waals surface area (Å²) in [6.45, 7) is -0.374. The van der Waals surface area contributed by atoms with Crippen LogP contribution in [0, 0.1) is 0 Å². The minimum Gasteiger partial charge on any atom is -0.347 e. The highest BCUT2D eigenvalue weighted by Gasteiger charge is 2.38. The molecule has 31 heavy (non-hydrogen) atoms. The van der Waals surface area contributed by atoms with Gasteiger partial charge in [-0.2, -0.15) is 0 Å². The first-order valence-corrected chi connectivity index (χ1v) is 10.2. The summed E-state index contributed by atoms with van der Waals surface area (Å²) in [5.74, 6) is -0.760. The first-order chi connectivity index (χ1) is 15.1. The molecule has 0 spiro atoms. The zero-order valence-corrected chi connectivity index (χ0v) is 17.0. The van der Waals surface area contributed by atoms with Gasteiger partial charge >= 0.3 is 6.03 Å². The van der Waals surface area contributed by atoms with Crippen LogP contribution < -0.4 is 10.2 Å². The van der Waals surface area contributed by atoms with Crippen molar-refractivity contribution in [2.24, 2.45) is 0 Å². The molecule has 1 aliphatic heterocycles. The molecular weight excluding hydrogens is 390 g/mol. The van der Waals surface area contributed by atoms with E-state index in [1.165, 1.54) is 4.90 Å². The topological polar surface area (TPSA) is 69.7 Å². The van der Waals surface area contributed by atoms with E-state index in [1.807, 2.05) is 66.7 Å². The van der Waals surface area contributed by atoms with Crippen molar-refractivity contribution in [3.63, 3.8) is 0 Å². The summed E-state index contributed by atoms with van der Waals surface area (Å²) < 4.78 is 0. The number of anilines is 1. The molecule has 6 heteroatoms. The summed E-state index contributed by atoms with van der Waals surface area (Å²) in [5.41, 5.74) is 2.68. The van der Waals surface area contributed by atoms with E-state index in [1.54, 1.807) is 24.3 Å². The molecule has 4 amide bonds. The summed E-state index contributed by atoms with van der Waals surface area (Å²) in [5, 5.41) is 3.00. The third-order valence-corrected chi connectivity index (χ3v) is 5.25. The van der Waals surface area contributed by atoms with Crippen molar-refractivity contribution in [1.29, 1.82) is 0 Å². The van der Waals surface area contributed by atoms with Crippen molar-refractivity contribution < 1.29 is 14.4 Å². The fourth-order valence-electron chi connectivity index (χ4n) is 3.68. The Labute approximate surface area is 181 Å². The molecule has 1 unspecified atom stereocenters. The second kappa shape index (κ2) is 9.26. The van der Waals surface area contributed by atoms with Gasteiger partial charge < -0.3 is 5.32 Å². The highest BCUT2D eigenvalue weighted by molar-refractivity contribution is 6.13. The maximum Gasteiger partial charge on any atom is 0.332 e. The minimum absolute atomic E-state index is 0.0672. The Bertz CT molecular complexity index is 1060. The Morgan fingerprint density at radius 1 is 0.839 bits per heavy atom. The summed E-state index contributed by atoms with van der Waals surface area (Å²) >= 11 is 0. The summed E-state index contributed by atoms with van der Waals surface area (Å²) in [4.78, 5) is 40.4. The summed E-state index contributed by atoms with van der Waals surface area (Å²) in [6.07, 6.45) is 0.606. The highest BCUT2D eigenvalue weighted by Crippen LogP contribution is 2.21. The molecule has 6 nitrogen and oxygen atoms in total.